The van der Waals surface area contributed by atoms with Crippen molar-refractivity contribution in [3.63, 3.8) is 0 Å². The van der Waals surface area contributed by atoms with E-state index >= 15 is 0 Å². The van der Waals surface area contributed by atoms with Crippen molar-refractivity contribution in [1.29, 1.82) is 5.26 Å². The van der Waals surface area contributed by atoms with Gasteiger partial charge in [-0.25, -0.2) is 4.98 Å². The van der Waals surface area contributed by atoms with Gasteiger partial charge < -0.3 is 14.5 Å². The van der Waals surface area contributed by atoms with E-state index in [0.717, 1.165) is 12.1 Å². The van der Waals surface area contributed by atoms with Gasteiger partial charge in [-0.05, 0) is 50.2 Å². The van der Waals surface area contributed by atoms with Gasteiger partial charge in [-0.1, -0.05) is 0 Å². The van der Waals surface area contributed by atoms with Crippen molar-refractivity contribution in [1.82, 2.24) is 15.2 Å². The first kappa shape index (κ1) is 22.7. The number of pyridine rings is 1. The van der Waals surface area contributed by atoms with Crippen LogP contribution in [0.4, 0.5) is 24.7 Å². The lowest BCUT2D eigenvalue weighted by Gasteiger charge is -2.19. The number of rotatable bonds is 7. The Bertz CT molecular complexity index is 1140. The first-order valence-electron chi connectivity index (χ1n) is 9.47. The fourth-order valence-corrected chi connectivity index (χ4v) is 2.80. The fraction of sp³-hybridized carbons (Fsp3) is 0.286. The van der Waals surface area contributed by atoms with Crippen LogP contribution in [0.1, 0.15) is 31.7 Å². The second-order valence-corrected chi connectivity index (χ2v) is 6.90. The summed E-state index contributed by atoms with van der Waals surface area (Å²) in [5.41, 5.74) is -1.52. The van der Waals surface area contributed by atoms with E-state index in [4.69, 9.17) is 14.4 Å². The van der Waals surface area contributed by atoms with E-state index in [1.54, 1.807) is 19.1 Å². The highest BCUT2D eigenvalue weighted by Gasteiger charge is 2.42. The number of nitriles is 1. The molecule has 1 unspecified atom stereocenters. The van der Waals surface area contributed by atoms with E-state index in [1.165, 1.54) is 25.3 Å². The number of alkyl halides is 3. The van der Waals surface area contributed by atoms with Crippen LogP contribution in [0.5, 0.6) is 0 Å². The molecular weight excluding hydrogens is 427 g/mol. The number of nitrogens with one attached hydrogen (secondary N) is 1. The number of carbonyl (C=O) groups excluding carboxylic acids is 1. The molecule has 1 atom stereocenters. The monoisotopic (exact) mass is 445 g/mol. The Morgan fingerprint density at radius 3 is 2.56 bits per heavy atom. The van der Waals surface area contributed by atoms with Gasteiger partial charge >= 0.3 is 12.1 Å². The van der Waals surface area contributed by atoms with Crippen LogP contribution in [0.15, 0.2) is 47.0 Å². The van der Waals surface area contributed by atoms with Crippen molar-refractivity contribution in [3.05, 3.63) is 54.0 Å². The summed E-state index contributed by atoms with van der Waals surface area (Å²) < 4.78 is 49.1. The number of aromatic nitrogens is 3. The molecule has 0 radical (unpaired) electrons. The maximum Gasteiger partial charge on any atom is 0.416 e. The molecule has 0 amide bonds. The van der Waals surface area contributed by atoms with Gasteiger partial charge in [0.05, 0.1) is 30.2 Å². The van der Waals surface area contributed by atoms with E-state index < -0.39 is 23.1 Å². The Morgan fingerprint density at radius 2 is 1.94 bits per heavy atom. The summed E-state index contributed by atoms with van der Waals surface area (Å²) in [6.45, 7) is 3.22. The first-order chi connectivity index (χ1) is 15.2. The van der Waals surface area contributed by atoms with Gasteiger partial charge in [-0.3, -0.25) is 4.79 Å². The number of anilines is 2. The lowest BCUT2D eigenvalue weighted by Crippen LogP contribution is -2.34. The average Bonchev–Trinajstić information content (AvgIpc) is 3.25. The molecule has 0 bridgehead atoms. The molecule has 2 heterocycles. The molecule has 3 aromatic rings. The number of hydrogen-bond acceptors (Lipinski definition) is 8. The van der Waals surface area contributed by atoms with Gasteiger partial charge in [0.1, 0.15) is 5.82 Å². The molecule has 0 fully saturated rings. The number of ether oxygens (including phenoxy) is 1. The molecule has 32 heavy (non-hydrogen) atoms. The zero-order chi connectivity index (χ0) is 23.4. The lowest BCUT2D eigenvalue weighted by molar-refractivity contribution is -0.150. The van der Waals surface area contributed by atoms with E-state index in [9.17, 15) is 18.0 Å². The molecule has 0 saturated carbocycles. The van der Waals surface area contributed by atoms with Crippen molar-refractivity contribution in [2.75, 3.05) is 11.9 Å². The molecule has 3 rings (SSSR count). The Morgan fingerprint density at radius 1 is 1.22 bits per heavy atom. The summed E-state index contributed by atoms with van der Waals surface area (Å²) in [6.07, 6.45) is -3.20. The summed E-state index contributed by atoms with van der Waals surface area (Å²) in [6, 6.07) is 9.57. The van der Waals surface area contributed by atoms with E-state index in [0.29, 0.717) is 11.3 Å². The predicted octanol–water partition coefficient (Wildman–Crippen LogP) is 4.63. The molecule has 11 heteroatoms. The molecule has 0 spiro atoms. The van der Waals surface area contributed by atoms with Crippen molar-refractivity contribution in [2.45, 2.75) is 31.9 Å². The average molecular weight is 445 g/mol. The lowest BCUT2D eigenvalue weighted by atomic mass is 9.87. The highest BCUT2D eigenvalue weighted by molar-refractivity contribution is 5.82. The van der Waals surface area contributed by atoms with Crippen LogP contribution in [0.2, 0.25) is 0 Å². The molecule has 0 aliphatic carbocycles. The van der Waals surface area contributed by atoms with Gasteiger partial charge in [0.25, 0.3) is 5.89 Å². The summed E-state index contributed by atoms with van der Waals surface area (Å²) >= 11 is 0. The summed E-state index contributed by atoms with van der Waals surface area (Å²) in [5, 5.41) is 19.9. The van der Waals surface area contributed by atoms with E-state index in [-0.39, 0.29) is 30.6 Å². The molecule has 2 aromatic heterocycles. The largest absolute Gasteiger partial charge is 0.465 e. The van der Waals surface area contributed by atoms with Crippen LogP contribution >= 0.6 is 0 Å². The predicted molar refractivity (Wildman–Crippen MR) is 106 cm³/mol. The summed E-state index contributed by atoms with van der Waals surface area (Å²) in [7, 11) is 0. The highest BCUT2D eigenvalue weighted by atomic mass is 19.4. The third-order valence-corrected chi connectivity index (χ3v) is 4.57. The van der Waals surface area contributed by atoms with Crippen LogP contribution in [0.3, 0.4) is 0 Å². The molecule has 1 N–H and O–H groups in total. The summed E-state index contributed by atoms with van der Waals surface area (Å²) in [4.78, 5) is 16.6. The van der Waals surface area contributed by atoms with Gasteiger partial charge in [-0.15, -0.1) is 10.2 Å². The van der Waals surface area contributed by atoms with Gasteiger partial charge in [0.2, 0.25) is 5.89 Å². The Hall–Kier alpha value is -3.94. The standard InChI is InChI=1S/C21H18F3N5O3/c1-3-31-19(30)20(2,10-11-25)18-29-28-17(32-18)15-5-4-12-26-16(15)27-14-8-6-13(7-9-14)21(22,23)24/h4-9,12H,3,10H2,1-2H3,(H,26,27). The second-order valence-electron chi connectivity index (χ2n) is 6.90. The third-order valence-electron chi connectivity index (χ3n) is 4.57. The van der Waals surface area contributed by atoms with Crippen LogP contribution < -0.4 is 5.32 Å². The van der Waals surface area contributed by atoms with Crippen molar-refractivity contribution in [3.8, 4) is 17.5 Å². The molecule has 1 aromatic carbocycles. The number of benzene rings is 1. The normalized spacial score (nSPS) is 13.1. The molecule has 0 aliphatic heterocycles. The second kappa shape index (κ2) is 9.05. The number of nitrogens with zero attached hydrogens (tertiary/aromatic N) is 4. The van der Waals surface area contributed by atoms with Gasteiger partial charge in [0.15, 0.2) is 5.41 Å². The van der Waals surface area contributed by atoms with Crippen LogP contribution in [-0.2, 0) is 21.1 Å². The Kier molecular flexibility index (Phi) is 6.43. The van der Waals surface area contributed by atoms with Crippen molar-refractivity contribution in [2.24, 2.45) is 0 Å². The number of hydrogen-bond donors (Lipinski definition) is 1. The zero-order valence-electron chi connectivity index (χ0n) is 17.1. The minimum atomic E-state index is -4.44. The van der Waals surface area contributed by atoms with Crippen molar-refractivity contribution >= 4 is 17.5 Å². The number of halogens is 3. The van der Waals surface area contributed by atoms with Crippen LogP contribution in [-0.4, -0.2) is 27.8 Å². The van der Waals surface area contributed by atoms with E-state index in [2.05, 4.69) is 20.5 Å². The molecule has 166 valence electrons. The Labute approximate surface area is 181 Å². The Balaban J connectivity index is 1.92. The minimum absolute atomic E-state index is 0.0102. The van der Waals surface area contributed by atoms with Crippen LogP contribution in [0.25, 0.3) is 11.5 Å². The quantitative estimate of drug-likeness (QED) is 0.524. The van der Waals surface area contributed by atoms with Gasteiger partial charge in [0, 0.05) is 11.9 Å². The fourth-order valence-electron chi connectivity index (χ4n) is 2.80. The highest BCUT2D eigenvalue weighted by Crippen LogP contribution is 2.34. The topological polar surface area (TPSA) is 114 Å². The summed E-state index contributed by atoms with van der Waals surface area (Å²) in [5.74, 6) is -0.514. The minimum Gasteiger partial charge on any atom is -0.465 e. The maximum atomic E-state index is 12.8. The molecular formula is C21H18F3N5O3. The van der Waals surface area contributed by atoms with Crippen LogP contribution in [0, 0.1) is 11.3 Å². The maximum absolute atomic E-state index is 12.8. The molecule has 0 aliphatic rings. The molecule has 0 saturated heterocycles. The smallest absolute Gasteiger partial charge is 0.416 e. The zero-order valence-corrected chi connectivity index (χ0v) is 17.1. The van der Waals surface area contributed by atoms with Gasteiger partial charge in [-0.2, -0.15) is 18.4 Å². The molecule has 8 nitrogen and oxygen atoms in total. The number of esters is 1. The van der Waals surface area contributed by atoms with Crippen molar-refractivity contribution < 1.29 is 27.1 Å². The third kappa shape index (κ3) is 4.69. The first-order valence-corrected chi connectivity index (χ1v) is 9.47. The SMILES string of the molecule is CCOC(=O)C(C)(CC#N)c1nnc(-c2cccnc2Nc2ccc(C(F)(F)F)cc2)o1. The van der Waals surface area contributed by atoms with E-state index in [1.807, 2.05) is 6.07 Å². The number of carbonyl (C=O) groups is 1.